The predicted octanol–water partition coefficient (Wildman–Crippen LogP) is 2.04. The number of nitrogens with zero attached hydrogens (tertiary/aromatic N) is 1. The fourth-order valence-electron chi connectivity index (χ4n) is 2.64. The van der Waals surface area contributed by atoms with Gasteiger partial charge in [0.15, 0.2) is 6.61 Å². The summed E-state index contributed by atoms with van der Waals surface area (Å²) in [4.78, 5) is 25.8. The van der Waals surface area contributed by atoms with Crippen LogP contribution in [0, 0.1) is 0 Å². The summed E-state index contributed by atoms with van der Waals surface area (Å²) < 4.78 is 6.27. The van der Waals surface area contributed by atoms with Crippen LogP contribution in [0.3, 0.4) is 0 Å². The molecular formula is C18H18BrN3O3. The highest BCUT2D eigenvalue weighted by atomic mass is 79.9. The molecule has 2 N–H and O–H groups in total. The number of carbonyl (C=O) groups excluding carboxylic acids is 2. The summed E-state index contributed by atoms with van der Waals surface area (Å²) in [5, 5.41) is 0. The first-order chi connectivity index (χ1) is 12.1. The van der Waals surface area contributed by atoms with E-state index in [9.17, 15) is 9.59 Å². The number of para-hydroxylation sites is 1. The molecule has 1 aliphatic heterocycles. The number of halogens is 1. The molecule has 0 atom stereocenters. The molecule has 0 radical (unpaired) electrons. The largest absolute Gasteiger partial charge is 0.484 e. The van der Waals surface area contributed by atoms with E-state index in [-0.39, 0.29) is 19.1 Å². The van der Waals surface area contributed by atoms with E-state index in [4.69, 9.17) is 4.74 Å². The minimum Gasteiger partial charge on any atom is -0.484 e. The van der Waals surface area contributed by atoms with E-state index in [0.29, 0.717) is 5.75 Å². The van der Waals surface area contributed by atoms with Crippen LogP contribution in [0.4, 0.5) is 5.69 Å². The van der Waals surface area contributed by atoms with Crippen LogP contribution in [0.5, 0.6) is 5.75 Å². The lowest BCUT2D eigenvalue weighted by atomic mass is 10.2. The zero-order chi connectivity index (χ0) is 17.6. The Balaban J connectivity index is 1.40. The van der Waals surface area contributed by atoms with Crippen molar-refractivity contribution in [1.29, 1.82) is 0 Å². The molecule has 6 nitrogen and oxygen atoms in total. The summed E-state index contributed by atoms with van der Waals surface area (Å²) in [7, 11) is 0. The maximum Gasteiger partial charge on any atom is 0.276 e. The topological polar surface area (TPSA) is 70.7 Å². The Bertz CT molecular complexity index is 764. The van der Waals surface area contributed by atoms with Gasteiger partial charge in [0.05, 0.1) is 6.54 Å². The van der Waals surface area contributed by atoms with E-state index >= 15 is 0 Å². The molecule has 0 aliphatic carbocycles. The molecule has 0 spiro atoms. The first kappa shape index (κ1) is 17.3. The second-order valence-electron chi connectivity index (χ2n) is 5.64. The quantitative estimate of drug-likeness (QED) is 0.749. The molecule has 0 fully saturated rings. The standard InChI is InChI=1S/C18H18BrN3O3/c19-14-5-7-15(8-6-14)25-12-18(24)21-20-17(23)11-22-10-9-13-3-1-2-4-16(13)22/h1-8H,9-12H2,(H,20,23)(H,21,24). The van der Waals surface area contributed by atoms with Crippen molar-refractivity contribution in [3.63, 3.8) is 0 Å². The Morgan fingerprint density at radius 1 is 1.04 bits per heavy atom. The highest BCUT2D eigenvalue weighted by Crippen LogP contribution is 2.26. The lowest BCUT2D eigenvalue weighted by Crippen LogP contribution is -2.47. The zero-order valence-corrected chi connectivity index (χ0v) is 15.1. The van der Waals surface area contributed by atoms with Crippen LogP contribution in [0.2, 0.25) is 0 Å². The third-order valence-electron chi connectivity index (χ3n) is 3.84. The number of anilines is 1. The van der Waals surface area contributed by atoms with Gasteiger partial charge in [0.25, 0.3) is 11.8 Å². The zero-order valence-electron chi connectivity index (χ0n) is 13.5. The summed E-state index contributed by atoms with van der Waals surface area (Å²) in [6.07, 6.45) is 0.927. The van der Waals surface area contributed by atoms with Crippen molar-refractivity contribution < 1.29 is 14.3 Å². The third kappa shape index (κ3) is 4.73. The average molecular weight is 404 g/mol. The SMILES string of the molecule is O=C(COc1ccc(Br)cc1)NNC(=O)CN1CCc2ccccc21. The Morgan fingerprint density at radius 3 is 2.56 bits per heavy atom. The molecule has 2 aromatic rings. The molecule has 0 aromatic heterocycles. The van der Waals surface area contributed by atoms with E-state index in [1.54, 1.807) is 12.1 Å². The molecule has 3 rings (SSSR count). The van der Waals surface area contributed by atoms with Crippen molar-refractivity contribution in [3.05, 3.63) is 58.6 Å². The normalized spacial score (nSPS) is 12.4. The van der Waals surface area contributed by atoms with Gasteiger partial charge in [0, 0.05) is 16.7 Å². The minimum atomic E-state index is -0.418. The van der Waals surface area contributed by atoms with Gasteiger partial charge in [-0.2, -0.15) is 0 Å². The van der Waals surface area contributed by atoms with Crippen LogP contribution in [-0.2, 0) is 16.0 Å². The van der Waals surface area contributed by atoms with Crippen molar-refractivity contribution in [2.75, 3.05) is 24.6 Å². The van der Waals surface area contributed by atoms with Crippen molar-refractivity contribution in [1.82, 2.24) is 10.9 Å². The first-order valence-corrected chi connectivity index (χ1v) is 8.70. The number of hydrogen-bond donors (Lipinski definition) is 2. The summed E-state index contributed by atoms with van der Waals surface area (Å²) >= 11 is 3.33. The highest BCUT2D eigenvalue weighted by Gasteiger charge is 2.20. The van der Waals surface area contributed by atoms with Crippen LogP contribution in [0.15, 0.2) is 53.0 Å². The number of carbonyl (C=O) groups is 2. The Labute approximate surface area is 154 Å². The van der Waals surface area contributed by atoms with Gasteiger partial charge in [0.1, 0.15) is 5.75 Å². The number of fused-ring (bicyclic) bond motifs is 1. The van der Waals surface area contributed by atoms with Gasteiger partial charge in [-0.3, -0.25) is 20.4 Å². The molecular weight excluding hydrogens is 386 g/mol. The maximum absolute atomic E-state index is 12.0. The van der Waals surface area contributed by atoms with Gasteiger partial charge in [-0.15, -0.1) is 0 Å². The van der Waals surface area contributed by atoms with Gasteiger partial charge in [-0.1, -0.05) is 34.1 Å². The Morgan fingerprint density at radius 2 is 1.76 bits per heavy atom. The number of hydrogen-bond acceptors (Lipinski definition) is 4. The molecule has 2 amide bonds. The molecule has 1 aliphatic rings. The smallest absolute Gasteiger partial charge is 0.276 e. The van der Waals surface area contributed by atoms with E-state index in [1.165, 1.54) is 5.56 Å². The van der Waals surface area contributed by atoms with Crippen molar-refractivity contribution >= 4 is 33.4 Å². The summed E-state index contributed by atoms with van der Waals surface area (Å²) in [5.41, 5.74) is 7.09. The van der Waals surface area contributed by atoms with Crippen LogP contribution in [0.1, 0.15) is 5.56 Å². The minimum absolute atomic E-state index is 0.172. The van der Waals surface area contributed by atoms with E-state index in [0.717, 1.165) is 23.1 Å². The van der Waals surface area contributed by atoms with Crippen molar-refractivity contribution in [2.24, 2.45) is 0 Å². The average Bonchev–Trinajstić information content (AvgIpc) is 3.02. The number of ether oxygens (including phenoxy) is 1. The van der Waals surface area contributed by atoms with Gasteiger partial charge >= 0.3 is 0 Å². The van der Waals surface area contributed by atoms with Crippen LogP contribution in [-0.4, -0.2) is 31.5 Å². The van der Waals surface area contributed by atoms with E-state index < -0.39 is 5.91 Å². The van der Waals surface area contributed by atoms with Gasteiger partial charge < -0.3 is 9.64 Å². The van der Waals surface area contributed by atoms with Crippen LogP contribution in [0.25, 0.3) is 0 Å². The number of nitrogens with one attached hydrogen (secondary N) is 2. The Kier molecular flexibility index (Phi) is 5.55. The molecule has 25 heavy (non-hydrogen) atoms. The summed E-state index contributed by atoms with van der Waals surface area (Å²) in [5.74, 6) is -0.106. The molecule has 0 saturated carbocycles. The van der Waals surface area contributed by atoms with Gasteiger partial charge in [0.2, 0.25) is 0 Å². The maximum atomic E-state index is 12.0. The second kappa shape index (κ2) is 8.02. The van der Waals surface area contributed by atoms with Gasteiger partial charge in [-0.25, -0.2) is 0 Å². The lowest BCUT2D eigenvalue weighted by Gasteiger charge is -2.18. The molecule has 0 saturated heterocycles. The van der Waals surface area contributed by atoms with Gasteiger partial charge in [-0.05, 0) is 42.3 Å². The summed E-state index contributed by atoms with van der Waals surface area (Å²) in [6, 6.07) is 15.2. The predicted molar refractivity (Wildman–Crippen MR) is 98.3 cm³/mol. The molecule has 0 unspecified atom stereocenters. The second-order valence-corrected chi connectivity index (χ2v) is 6.55. The van der Waals surface area contributed by atoms with Crippen LogP contribution >= 0.6 is 15.9 Å². The molecule has 2 aromatic carbocycles. The molecule has 1 heterocycles. The van der Waals surface area contributed by atoms with E-state index in [1.807, 2.05) is 35.2 Å². The fourth-order valence-corrected chi connectivity index (χ4v) is 2.90. The molecule has 7 heteroatoms. The lowest BCUT2D eigenvalue weighted by molar-refractivity contribution is -0.129. The number of hydrazine groups is 1. The van der Waals surface area contributed by atoms with E-state index in [2.05, 4.69) is 32.8 Å². The highest BCUT2D eigenvalue weighted by molar-refractivity contribution is 9.10. The van der Waals surface area contributed by atoms with Crippen molar-refractivity contribution in [2.45, 2.75) is 6.42 Å². The van der Waals surface area contributed by atoms with Crippen molar-refractivity contribution in [3.8, 4) is 5.75 Å². The molecule has 130 valence electrons. The summed E-state index contributed by atoms with van der Waals surface area (Å²) in [6.45, 7) is 0.826. The monoisotopic (exact) mass is 403 g/mol. The first-order valence-electron chi connectivity index (χ1n) is 7.91. The Hall–Kier alpha value is -2.54. The fraction of sp³-hybridized carbons (Fsp3) is 0.222. The number of rotatable bonds is 5. The number of benzene rings is 2. The van der Waals surface area contributed by atoms with Crippen LogP contribution < -0.4 is 20.5 Å². The molecule has 0 bridgehead atoms. The number of amides is 2. The third-order valence-corrected chi connectivity index (χ3v) is 4.37.